The molecule has 1 N–H and O–H groups in total. The van der Waals surface area contributed by atoms with E-state index in [1.165, 1.54) is 0 Å². The molecule has 0 fully saturated rings. The zero-order valence-electron chi connectivity index (χ0n) is 13.0. The molecule has 0 bridgehead atoms. The Kier molecular flexibility index (Phi) is 3.16. The lowest BCUT2D eigenvalue weighted by molar-refractivity contribution is 0.0996. The first-order chi connectivity index (χ1) is 11.6. The molecule has 0 spiro atoms. The lowest BCUT2D eigenvalue weighted by Crippen LogP contribution is -2.10. The molecule has 0 saturated heterocycles. The van der Waals surface area contributed by atoms with Crippen LogP contribution in [-0.4, -0.2) is 25.9 Å². The molecule has 4 rings (SSSR count). The van der Waals surface area contributed by atoms with Gasteiger partial charge in [-0.05, 0) is 25.1 Å². The monoisotopic (exact) mass is 323 g/mol. The molecule has 0 aliphatic carbocycles. The molecule has 0 unspecified atom stereocenters. The summed E-state index contributed by atoms with van der Waals surface area (Å²) in [5.74, 6) is -0.0539. The van der Waals surface area contributed by atoms with Crippen LogP contribution in [0.3, 0.4) is 0 Å². The summed E-state index contributed by atoms with van der Waals surface area (Å²) >= 11 is 0. The fourth-order valence-electron chi connectivity index (χ4n) is 2.29. The molecular weight excluding hydrogens is 310 g/mol. The first-order valence-electron chi connectivity index (χ1n) is 7.24. The Labute approximate surface area is 136 Å². The number of hydrogen-bond acceptors (Lipinski definition) is 6. The number of fused-ring (bicyclic) bond motifs is 1. The topological polar surface area (TPSA) is 99.0 Å². The van der Waals surface area contributed by atoms with Crippen molar-refractivity contribution in [2.45, 2.75) is 6.92 Å². The predicted octanol–water partition coefficient (Wildman–Crippen LogP) is 2.78. The first-order valence-corrected chi connectivity index (χ1v) is 7.24. The number of carbonyl (C=O) groups is 1. The third-order valence-corrected chi connectivity index (χ3v) is 3.63. The second-order valence-corrected chi connectivity index (χ2v) is 5.31. The minimum absolute atomic E-state index is 0.0150. The fourth-order valence-corrected chi connectivity index (χ4v) is 2.29. The molecule has 120 valence electrons. The van der Waals surface area contributed by atoms with E-state index in [1.807, 2.05) is 38.2 Å². The number of para-hydroxylation sites is 1. The summed E-state index contributed by atoms with van der Waals surface area (Å²) in [5.41, 5.74) is 2.14. The molecule has 1 amide bonds. The maximum atomic E-state index is 12.2. The van der Waals surface area contributed by atoms with Crippen LogP contribution in [-0.2, 0) is 7.05 Å². The third-order valence-electron chi connectivity index (χ3n) is 3.63. The Bertz CT molecular complexity index is 991. The largest absolute Gasteiger partial charge is 0.451 e. The van der Waals surface area contributed by atoms with Gasteiger partial charge in [0.05, 0.1) is 0 Å². The van der Waals surface area contributed by atoms with E-state index in [9.17, 15) is 4.79 Å². The summed E-state index contributed by atoms with van der Waals surface area (Å²) in [4.78, 5) is 12.2. The highest BCUT2D eigenvalue weighted by Gasteiger charge is 2.17. The summed E-state index contributed by atoms with van der Waals surface area (Å²) in [7, 11) is 1.82. The van der Waals surface area contributed by atoms with Crippen molar-refractivity contribution in [3.63, 3.8) is 0 Å². The molecule has 0 atom stereocenters. The van der Waals surface area contributed by atoms with E-state index in [2.05, 4.69) is 20.6 Å². The van der Waals surface area contributed by atoms with Crippen molar-refractivity contribution in [3.8, 4) is 11.6 Å². The molecule has 3 aromatic heterocycles. The smallest absolute Gasteiger partial charge is 0.322 e. The number of anilines is 1. The van der Waals surface area contributed by atoms with Gasteiger partial charge in [0.1, 0.15) is 11.3 Å². The standard InChI is InChI=1S/C16H13N5O3/c1-9-7-11(20-21(9)2)15-18-19-16(24-15)17-14(22)13-8-10-5-3-4-6-12(10)23-13/h3-8H,1-2H3,(H,17,19,22). The molecule has 3 heterocycles. The van der Waals surface area contributed by atoms with E-state index in [4.69, 9.17) is 8.83 Å². The highest BCUT2D eigenvalue weighted by Crippen LogP contribution is 2.21. The quantitative estimate of drug-likeness (QED) is 0.622. The maximum Gasteiger partial charge on any atom is 0.322 e. The van der Waals surface area contributed by atoms with Gasteiger partial charge >= 0.3 is 6.01 Å². The molecule has 8 heteroatoms. The molecule has 4 aromatic rings. The van der Waals surface area contributed by atoms with Gasteiger partial charge in [0.15, 0.2) is 5.76 Å². The summed E-state index contributed by atoms with van der Waals surface area (Å²) < 4.78 is 12.6. The van der Waals surface area contributed by atoms with E-state index >= 15 is 0 Å². The van der Waals surface area contributed by atoms with Gasteiger partial charge in [0.25, 0.3) is 11.8 Å². The van der Waals surface area contributed by atoms with Gasteiger partial charge in [-0.25, -0.2) is 0 Å². The molecule has 8 nitrogen and oxygen atoms in total. The van der Waals surface area contributed by atoms with Crippen LogP contribution in [0.2, 0.25) is 0 Å². The molecule has 0 aliphatic heterocycles. The fraction of sp³-hybridized carbons (Fsp3) is 0.125. The van der Waals surface area contributed by atoms with Gasteiger partial charge < -0.3 is 8.83 Å². The average molecular weight is 323 g/mol. The predicted molar refractivity (Wildman–Crippen MR) is 85.4 cm³/mol. The molecule has 0 radical (unpaired) electrons. The third kappa shape index (κ3) is 2.43. The number of nitrogens with zero attached hydrogens (tertiary/aromatic N) is 4. The molecule has 24 heavy (non-hydrogen) atoms. The van der Waals surface area contributed by atoms with E-state index in [0.717, 1.165) is 11.1 Å². The van der Waals surface area contributed by atoms with Crippen LogP contribution in [0.5, 0.6) is 0 Å². The number of aryl methyl sites for hydroxylation is 2. The van der Waals surface area contributed by atoms with E-state index in [-0.39, 0.29) is 17.7 Å². The van der Waals surface area contributed by atoms with Crippen LogP contribution in [0.1, 0.15) is 16.2 Å². The number of benzene rings is 1. The Morgan fingerprint density at radius 2 is 2.00 bits per heavy atom. The van der Waals surface area contributed by atoms with Gasteiger partial charge in [-0.15, -0.1) is 5.10 Å². The number of aromatic nitrogens is 4. The minimum Gasteiger partial charge on any atom is -0.451 e. The highest BCUT2D eigenvalue weighted by molar-refractivity contribution is 6.03. The van der Waals surface area contributed by atoms with Crippen molar-refractivity contribution >= 4 is 22.9 Å². The number of nitrogens with one attached hydrogen (secondary N) is 1. The number of carbonyl (C=O) groups excluding carboxylic acids is 1. The summed E-state index contributed by atoms with van der Waals surface area (Å²) in [5, 5.41) is 15.3. The molecular formula is C16H13N5O3. The summed E-state index contributed by atoms with van der Waals surface area (Å²) in [6.45, 7) is 1.91. The van der Waals surface area contributed by atoms with Gasteiger partial charge in [0, 0.05) is 18.1 Å². The van der Waals surface area contributed by atoms with Crippen molar-refractivity contribution in [3.05, 3.63) is 47.9 Å². The number of rotatable bonds is 3. The number of amides is 1. The van der Waals surface area contributed by atoms with E-state index in [1.54, 1.807) is 16.8 Å². The van der Waals surface area contributed by atoms with Crippen LogP contribution in [0.4, 0.5) is 6.01 Å². The first kappa shape index (κ1) is 14.2. The van der Waals surface area contributed by atoms with Crippen LogP contribution in [0.25, 0.3) is 22.6 Å². The van der Waals surface area contributed by atoms with Crippen LogP contribution in [0, 0.1) is 6.92 Å². The van der Waals surface area contributed by atoms with Crippen molar-refractivity contribution < 1.29 is 13.6 Å². The van der Waals surface area contributed by atoms with Gasteiger partial charge in [-0.1, -0.05) is 23.3 Å². The lowest BCUT2D eigenvalue weighted by Gasteiger charge is -1.95. The maximum absolute atomic E-state index is 12.2. The minimum atomic E-state index is -0.460. The zero-order chi connectivity index (χ0) is 16.7. The van der Waals surface area contributed by atoms with E-state index in [0.29, 0.717) is 11.3 Å². The summed E-state index contributed by atoms with van der Waals surface area (Å²) in [6.07, 6.45) is 0. The zero-order valence-corrected chi connectivity index (χ0v) is 13.0. The van der Waals surface area contributed by atoms with Gasteiger partial charge in [-0.2, -0.15) is 5.10 Å². The molecule has 0 saturated carbocycles. The Balaban J connectivity index is 1.56. The van der Waals surface area contributed by atoms with Crippen molar-refractivity contribution in [1.82, 2.24) is 20.0 Å². The normalized spacial score (nSPS) is 11.1. The Hall–Kier alpha value is -3.42. The average Bonchev–Trinajstić information content (AvgIpc) is 3.26. The van der Waals surface area contributed by atoms with Crippen molar-refractivity contribution in [2.24, 2.45) is 7.05 Å². The van der Waals surface area contributed by atoms with Crippen LogP contribution >= 0.6 is 0 Å². The van der Waals surface area contributed by atoms with Crippen LogP contribution < -0.4 is 5.32 Å². The van der Waals surface area contributed by atoms with Crippen molar-refractivity contribution in [2.75, 3.05) is 5.32 Å². The van der Waals surface area contributed by atoms with E-state index < -0.39 is 5.91 Å². The van der Waals surface area contributed by atoms with Gasteiger partial charge in [0.2, 0.25) is 0 Å². The Morgan fingerprint density at radius 1 is 1.17 bits per heavy atom. The summed E-state index contributed by atoms with van der Waals surface area (Å²) in [6, 6.07) is 10.8. The number of hydrogen-bond donors (Lipinski definition) is 1. The number of furan rings is 1. The second-order valence-electron chi connectivity index (χ2n) is 5.31. The second kappa shape index (κ2) is 5.34. The molecule has 1 aromatic carbocycles. The Morgan fingerprint density at radius 3 is 2.75 bits per heavy atom. The highest BCUT2D eigenvalue weighted by atomic mass is 16.4. The van der Waals surface area contributed by atoms with Crippen LogP contribution in [0.15, 0.2) is 45.2 Å². The van der Waals surface area contributed by atoms with Crippen molar-refractivity contribution in [1.29, 1.82) is 0 Å². The lowest BCUT2D eigenvalue weighted by atomic mass is 10.2. The SMILES string of the molecule is Cc1cc(-c2nnc(NC(=O)c3cc4ccccc4o3)o2)nn1C. The molecule has 0 aliphatic rings. The van der Waals surface area contributed by atoms with Gasteiger partial charge in [-0.3, -0.25) is 14.8 Å².